The molecule has 0 saturated carbocycles. The number of hydrogen-bond donors (Lipinski definition) is 0. The van der Waals surface area contributed by atoms with E-state index < -0.39 is 0 Å². The second-order valence-electron chi connectivity index (χ2n) is 4.33. The predicted octanol–water partition coefficient (Wildman–Crippen LogP) is 1.80. The third-order valence-electron chi connectivity index (χ3n) is 3.16. The molecular formula is C13H15NO3. The molecule has 0 radical (unpaired) electrons. The quantitative estimate of drug-likeness (QED) is 0.742. The Morgan fingerprint density at radius 2 is 1.88 bits per heavy atom. The van der Waals surface area contributed by atoms with Crippen LogP contribution in [0.25, 0.3) is 0 Å². The molecule has 1 aromatic rings. The van der Waals surface area contributed by atoms with Crippen LogP contribution in [-0.4, -0.2) is 31.3 Å². The molecule has 1 saturated heterocycles. The summed E-state index contributed by atoms with van der Waals surface area (Å²) < 4.78 is 11.1. The number of oxime groups is 1. The molecule has 2 aliphatic heterocycles. The normalized spacial score (nSPS) is 32.3. The Balaban J connectivity index is 1.83. The minimum atomic E-state index is -0.166. The van der Waals surface area contributed by atoms with Crippen LogP contribution in [0, 0.1) is 5.92 Å². The van der Waals surface area contributed by atoms with Crippen molar-refractivity contribution in [3.05, 3.63) is 35.9 Å². The lowest BCUT2D eigenvalue weighted by Gasteiger charge is -2.13. The largest absolute Gasteiger partial charge is 0.389 e. The fourth-order valence-corrected chi connectivity index (χ4v) is 2.17. The smallest absolute Gasteiger partial charge is 0.161 e. The van der Waals surface area contributed by atoms with Crippen molar-refractivity contribution in [2.45, 2.75) is 19.3 Å². The minimum absolute atomic E-state index is 0.0184. The molecule has 1 aromatic carbocycles. The molecule has 1 fully saturated rings. The van der Waals surface area contributed by atoms with Crippen molar-refractivity contribution in [2.75, 3.05) is 13.2 Å². The number of ether oxygens (including phenoxy) is 2. The zero-order valence-electron chi connectivity index (χ0n) is 9.70. The summed E-state index contributed by atoms with van der Waals surface area (Å²) in [6.07, 6.45) is -0.184. The van der Waals surface area contributed by atoms with Crippen LogP contribution in [0.15, 0.2) is 35.5 Å². The average Bonchev–Trinajstić information content (AvgIpc) is 2.69. The van der Waals surface area contributed by atoms with Gasteiger partial charge in [-0.1, -0.05) is 35.5 Å². The summed E-state index contributed by atoms with van der Waals surface area (Å²) in [5.74, 6) is 0.169. The van der Waals surface area contributed by atoms with Crippen molar-refractivity contribution < 1.29 is 14.3 Å². The molecule has 3 atom stereocenters. The number of rotatable bonds is 1. The summed E-state index contributed by atoms with van der Waals surface area (Å²) in [6, 6.07) is 10.1. The van der Waals surface area contributed by atoms with Gasteiger partial charge in [-0.25, -0.2) is 0 Å². The van der Waals surface area contributed by atoms with Crippen LogP contribution in [0.2, 0.25) is 0 Å². The first-order chi connectivity index (χ1) is 8.34. The van der Waals surface area contributed by atoms with Crippen LogP contribution in [-0.2, 0) is 14.3 Å². The van der Waals surface area contributed by atoms with Gasteiger partial charge in [-0.15, -0.1) is 0 Å². The highest BCUT2D eigenvalue weighted by Gasteiger charge is 2.37. The summed E-state index contributed by atoms with van der Waals surface area (Å²) in [5.41, 5.74) is 2.06. The molecule has 4 heteroatoms. The molecular weight excluding hydrogens is 218 g/mol. The Bertz CT molecular complexity index is 418. The minimum Gasteiger partial charge on any atom is -0.389 e. The molecule has 0 unspecified atom stereocenters. The van der Waals surface area contributed by atoms with E-state index in [1.807, 2.05) is 37.3 Å². The van der Waals surface area contributed by atoms with E-state index in [2.05, 4.69) is 5.16 Å². The maximum Gasteiger partial charge on any atom is 0.161 e. The van der Waals surface area contributed by atoms with Crippen LogP contribution in [0.4, 0.5) is 0 Å². The van der Waals surface area contributed by atoms with Gasteiger partial charge in [0.25, 0.3) is 0 Å². The van der Waals surface area contributed by atoms with Crippen LogP contribution in [0.5, 0.6) is 0 Å². The van der Waals surface area contributed by atoms with E-state index in [4.69, 9.17) is 14.3 Å². The van der Waals surface area contributed by atoms with Gasteiger partial charge in [0.1, 0.15) is 0 Å². The summed E-state index contributed by atoms with van der Waals surface area (Å²) in [6.45, 7) is 3.03. The van der Waals surface area contributed by atoms with E-state index in [1.165, 1.54) is 0 Å². The lowest BCUT2D eigenvalue weighted by molar-refractivity contribution is -0.123. The first-order valence-corrected chi connectivity index (χ1v) is 5.87. The topological polar surface area (TPSA) is 40.0 Å². The number of fused-ring (bicyclic) bond motifs is 1. The lowest BCUT2D eigenvalue weighted by atomic mass is 9.93. The zero-order chi connectivity index (χ0) is 11.7. The average molecular weight is 233 g/mol. The van der Waals surface area contributed by atoms with Gasteiger partial charge in [0.2, 0.25) is 0 Å². The van der Waals surface area contributed by atoms with Crippen molar-refractivity contribution >= 4 is 5.71 Å². The Morgan fingerprint density at radius 3 is 2.71 bits per heavy atom. The van der Waals surface area contributed by atoms with Crippen molar-refractivity contribution in [2.24, 2.45) is 11.1 Å². The summed E-state index contributed by atoms with van der Waals surface area (Å²) in [5, 5.41) is 4.17. The van der Waals surface area contributed by atoms with Crippen molar-refractivity contribution in [3.63, 3.8) is 0 Å². The highest BCUT2D eigenvalue weighted by atomic mass is 16.7. The molecule has 4 nitrogen and oxygen atoms in total. The maximum absolute atomic E-state index is 5.59. The Labute approximate surface area is 100 Å². The Kier molecular flexibility index (Phi) is 2.82. The number of benzene rings is 1. The number of nitrogens with zero attached hydrogens (tertiary/aromatic N) is 1. The van der Waals surface area contributed by atoms with E-state index in [0.717, 1.165) is 11.3 Å². The van der Waals surface area contributed by atoms with Gasteiger partial charge < -0.3 is 14.3 Å². The summed E-state index contributed by atoms with van der Waals surface area (Å²) in [4.78, 5) is 5.44. The number of hydrogen-bond acceptors (Lipinski definition) is 4. The Hall–Kier alpha value is -1.39. The van der Waals surface area contributed by atoms with Gasteiger partial charge >= 0.3 is 0 Å². The lowest BCUT2D eigenvalue weighted by Crippen LogP contribution is -2.29. The van der Waals surface area contributed by atoms with Gasteiger partial charge in [0.15, 0.2) is 12.4 Å². The molecule has 0 amide bonds. The monoisotopic (exact) mass is 233 g/mol. The standard InChI is InChI=1S/C13H15NO3/c1-9-15-7-11-12(8-16-9)17-14-13(11)10-5-3-2-4-6-10/h2-6,9,11-12H,7-8H2,1H3/t9-,11-,12+/m1/s1. The summed E-state index contributed by atoms with van der Waals surface area (Å²) >= 11 is 0. The molecule has 0 aliphatic carbocycles. The highest BCUT2D eigenvalue weighted by Crippen LogP contribution is 2.26. The fraction of sp³-hybridized carbons (Fsp3) is 0.462. The van der Waals surface area contributed by atoms with E-state index >= 15 is 0 Å². The SMILES string of the molecule is C[C@H]1OC[C@@H]2ON=C(c3ccccc3)[C@@H]2CO1. The van der Waals surface area contributed by atoms with Crippen LogP contribution >= 0.6 is 0 Å². The van der Waals surface area contributed by atoms with Gasteiger partial charge in [0.05, 0.1) is 24.8 Å². The molecule has 17 heavy (non-hydrogen) atoms. The third-order valence-corrected chi connectivity index (χ3v) is 3.16. The van der Waals surface area contributed by atoms with Crippen molar-refractivity contribution in [1.82, 2.24) is 0 Å². The highest BCUT2D eigenvalue weighted by molar-refractivity contribution is 6.03. The Morgan fingerprint density at radius 1 is 1.12 bits per heavy atom. The first kappa shape index (κ1) is 10.7. The zero-order valence-corrected chi connectivity index (χ0v) is 9.70. The van der Waals surface area contributed by atoms with Gasteiger partial charge in [-0.2, -0.15) is 0 Å². The van der Waals surface area contributed by atoms with Gasteiger partial charge in [-0.3, -0.25) is 0 Å². The van der Waals surface area contributed by atoms with Crippen molar-refractivity contribution in [3.8, 4) is 0 Å². The molecule has 3 rings (SSSR count). The maximum atomic E-state index is 5.59. The fourth-order valence-electron chi connectivity index (χ4n) is 2.17. The van der Waals surface area contributed by atoms with Crippen LogP contribution in [0.1, 0.15) is 12.5 Å². The molecule has 2 heterocycles. The predicted molar refractivity (Wildman–Crippen MR) is 62.7 cm³/mol. The second-order valence-corrected chi connectivity index (χ2v) is 4.33. The van der Waals surface area contributed by atoms with Gasteiger partial charge in [-0.05, 0) is 12.5 Å². The van der Waals surface area contributed by atoms with E-state index in [0.29, 0.717) is 13.2 Å². The molecule has 0 spiro atoms. The van der Waals surface area contributed by atoms with E-state index in [9.17, 15) is 0 Å². The van der Waals surface area contributed by atoms with Gasteiger partial charge in [0, 0.05) is 0 Å². The first-order valence-electron chi connectivity index (χ1n) is 5.87. The molecule has 0 bridgehead atoms. The molecule has 90 valence electrons. The molecule has 0 N–H and O–H groups in total. The van der Waals surface area contributed by atoms with Crippen molar-refractivity contribution in [1.29, 1.82) is 0 Å². The second kappa shape index (κ2) is 4.47. The van der Waals surface area contributed by atoms with E-state index in [-0.39, 0.29) is 18.3 Å². The summed E-state index contributed by atoms with van der Waals surface area (Å²) in [7, 11) is 0. The van der Waals surface area contributed by atoms with Crippen LogP contribution < -0.4 is 0 Å². The molecule has 2 aliphatic rings. The van der Waals surface area contributed by atoms with Crippen LogP contribution in [0.3, 0.4) is 0 Å². The molecule has 0 aromatic heterocycles. The third kappa shape index (κ3) is 2.06. The van der Waals surface area contributed by atoms with E-state index in [1.54, 1.807) is 0 Å².